The van der Waals surface area contributed by atoms with Crippen molar-refractivity contribution in [3.05, 3.63) is 48.5 Å². The van der Waals surface area contributed by atoms with Gasteiger partial charge < -0.3 is 15.0 Å². The number of nitrogens with one attached hydrogen (secondary N) is 1. The van der Waals surface area contributed by atoms with E-state index < -0.39 is 5.97 Å². The van der Waals surface area contributed by atoms with Crippen molar-refractivity contribution in [1.82, 2.24) is 9.97 Å². The van der Waals surface area contributed by atoms with E-state index in [4.69, 9.17) is 5.11 Å². The van der Waals surface area contributed by atoms with Crippen molar-refractivity contribution in [3.63, 3.8) is 0 Å². The monoisotopic (exact) mass is 259 g/mol. The minimum absolute atomic E-state index is 0.108. The fourth-order valence-electron chi connectivity index (χ4n) is 1.68. The minimum atomic E-state index is -0.946. The second-order valence-electron chi connectivity index (χ2n) is 3.90. The number of nitrogens with zero attached hydrogens (tertiary/aromatic N) is 2. The summed E-state index contributed by atoms with van der Waals surface area (Å²) in [6.45, 7) is 0.108. The van der Waals surface area contributed by atoms with E-state index in [-0.39, 0.29) is 18.9 Å². The Kier molecular flexibility index (Phi) is 3.92. The smallest absolute Gasteiger partial charge is 0.305 e. The van der Waals surface area contributed by atoms with Crippen molar-refractivity contribution in [1.29, 1.82) is 0 Å². The first-order chi connectivity index (χ1) is 9.18. The lowest BCUT2D eigenvalue weighted by atomic mass is 10.2. The Bertz CT molecular complexity index is 552. The van der Waals surface area contributed by atoms with Crippen molar-refractivity contribution in [2.24, 2.45) is 0 Å². The number of hydrogen-bond donors (Lipinski definition) is 2. The molecule has 1 amide bonds. The molecule has 0 unspecified atom stereocenters. The van der Waals surface area contributed by atoms with Gasteiger partial charge in [0, 0.05) is 12.2 Å². The van der Waals surface area contributed by atoms with Crippen LogP contribution in [0.2, 0.25) is 0 Å². The Balaban J connectivity index is 2.24. The van der Waals surface area contributed by atoms with Crippen LogP contribution in [0.25, 0.3) is 0 Å². The van der Waals surface area contributed by atoms with Crippen molar-refractivity contribution >= 4 is 17.6 Å². The van der Waals surface area contributed by atoms with Crippen molar-refractivity contribution < 1.29 is 14.7 Å². The van der Waals surface area contributed by atoms with Crippen molar-refractivity contribution in [2.45, 2.75) is 6.42 Å². The number of para-hydroxylation sites is 1. The Labute approximate surface area is 109 Å². The van der Waals surface area contributed by atoms with Gasteiger partial charge >= 0.3 is 5.97 Å². The SMILES string of the molecule is O=C(O)CCN(C(=O)c1cnc[nH]1)c1ccccc1. The Morgan fingerprint density at radius 3 is 2.58 bits per heavy atom. The fraction of sp³-hybridized carbons (Fsp3) is 0.154. The molecule has 0 bridgehead atoms. The maximum absolute atomic E-state index is 12.3. The highest BCUT2D eigenvalue weighted by atomic mass is 16.4. The highest BCUT2D eigenvalue weighted by Gasteiger charge is 2.19. The zero-order valence-electron chi connectivity index (χ0n) is 10.1. The molecule has 6 heteroatoms. The van der Waals surface area contributed by atoms with Gasteiger partial charge in [-0.05, 0) is 12.1 Å². The van der Waals surface area contributed by atoms with Gasteiger partial charge in [0.15, 0.2) is 0 Å². The van der Waals surface area contributed by atoms with Gasteiger partial charge in [0.05, 0.1) is 18.9 Å². The molecular weight excluding hydrogens is 246 g/mol. The zero-order valence-corrected chi connectivity index (χ0v) is 10.1. The molecule has 1 heterocycles. The molecule has 2 aromatic rings. The lowest BCUT2D eigenvalue weighted by Crippen LogP contribution is -2.33. The Morgan fingerprint density at radius 2 is 2.00 bits per heavy atom. The van der Waals surface area contributed by atoms with Crippen LogP contribution in [0.15, 0.2) is 42.9 Å². The van der Waals surface area contributed by atoms with Crippen molar-refractivity contribution in [3.8, 4) is 0 Å². The van der Waals surface area contributed by atoms with Crippen molar-refractivity contribution in [2.75, 3.05) is 11.4 Å². The van der Waals surface area contributed by atoms with Gasteiger partial charge in [-0.1, -0.05) is 18.2 Å². The molecule has 0 saturated heterocycles. The van der Waals surface area contributed by atoms with E-state index in [0.29, 0.717) is 11.4 Å². The summed E-state index contributed by atoms with van der Waals surface area (Å²) in [5, 5.41) is 8.76. The van der Waals surface area contributed by atoms with E-state index in [1.54, 1.807) is 24.3 Å². The third-order valence-corrected chi connectivity index (χ3v) is 2.59. The standard InChI is InChI=1S/C13H13N3O3/c17-12(18)6-7-16(10-4-2-1-3-5-10)13(19)11-8-14-9-15-11/h1-5,8-9H,6-7H2,(H,14,15)(H,17,18). The summed E-state index contributed by atoms with van der Waals surface area (Å²) in [4.78, 5) is 30.9. The summed E-state index contributed by atoms with van der Waals surface area (Å²) < 4.78 is 0. The zero-order chi connectivity index (χ0) is 13.7. The summed E-state index contributed by atoms with van der Waals surface area (Å²) in [6, 6.07) is 8.94. The summed E-state index contributed by atoms with van der Waals surface area (Å²) in [5.74, 6) is -1.25. The van der Waals surface area contributed by atoms with Gasteiger partial charge in [0.25, 0.3) is 5.91 Å². The quantitative estimate of drug-likeness (QED) is 0.852. The molecule has 0 spiro atoms. The van der Waals surface area contributed by atoms with Gasteiger partial charge in [0.1, 0.15) is 5.69 Å². The number of carbonyl (C=O) groups is 2. The minimum Gasteiger partial charge on any atom is -0.481 e. The number of anilines is 1. The number of amides is 1. The lowest BCUT2D eigenvalue weighted by Gasteiger charge is -2.21. The number of carbonyl (C=O) groups excluding carboxylic acids is 1. The molecule has 19 heavy (non-hydrogen) atoms. The Morgan fingerprint density at radius 1 is 1.26 bits per heavy atom. The van der Waals surface area contributed by atoms with Crippen LogP contribution in [-0.4, -0.2) is 33.5 Å². The fourth-order valence-corrected chi connectivity index (χ4v) is 1.68. The predicted octanol–water partition coefficient (Wildman–Crippen LogP) is 1.53. The molecule has 0 aliphatic heterocycles. The van der Waals surface area contributed by atoms with Gasteiger partial charge in [-0.2, -0.15) is 0 Å². The van der Waals surface area contributed by atoms with E-state index in [9.17, 15) is 9.59 Å². The first-order valence-electron chi connectivity index (χ1n) is 5.75. The number of rotatable bonds is 5. The number of hydrogen-bond acceptors (Lipinski definition) is 3. The molecule has 0 saturated carbocycles. The molecule has 0 fully saturated rings. The van der Waals surface area contributed by atoms with E-state index in [1.807, 2.05) is 6.07 Å². The van der Waals surface area contributed by atoms with Gasteiger partial charge in [-0.3, -0.25) is 9.59 Å². The molecule has 1 aromatic carbocycles. The average Bonchev–Trinajstić information content (AvgIpc) is 2.93. The number of imidazole rings is 1. The average molecular weight is 259 g/mol. The number of carboxylic acid groups (broad SMARTS) is 1. The number of carboxylic acids is 1. The number of aliphatic carboxylic acids is 1. The Hall–Kier alpha value is -2.63. The number of H-pyrrole nitrogens is 1. The highest BCUT2D eigenvalue weighted by Crippen LogP contribution is 2.16. The number of aromatic nitrogens is 2. The van der Waals surface area contributed by atoms with E-state index in [2.05, 4.69) is 9.97 Å². The summed E-state index contributed by atoms with van der Waals surface area (Å²) in [6.07, 6.45) is 2.71. The molecule has 0 atom stereocenters. The van der Waals surface area contributed by atoms with E-state index >= 15 is 0 Å². The van der Waals surface area contributed by atoms with Crippen LogP contribution in [0.3, 0.4) is 0 Å². The van der Waals surface area contributed by atoms with Gasteiger partial charge in [0.2, 0.25) is 0 Å². The van der Waals surface area contributed by atoms with Crippen LogP contribution in [0, 0.1) is 0 Å². The van der Waals surface area contributed by atoms with Gasteiger partial charge in [-0.15, -0.1) is 0 Å². The molecule has 0 aliphatic rings. The second-order valence-corrected chi connectivity index (χ2v) is 3.90. The maximum atomic E-state index is 12.3. The predicted molar refractivity (Wildman–Crippen MR) is 69.0 cm³/mol. The molecule has 0 radical (unpaired) electrons. The van der Waals surface area contributed by atoms with Gasteiger partial charge in [-0.25, -0.2) is 4.98 Å². The molecule has 2 rings (SSSR count). The molecule has 2 N–H and O–H groups in total. The number of benzene rings is 1. The topological polar surface area (TPSA) is 86.3 Å². The van der Waals surface area contributed by atoms with Crippen LogP contribution in [-0.2, 0) is 4.79 Å². The maximum Gasteiger partial charge on any atom is 0.305 e. The first kappa shape index (κ1) is 12.8. The van der Waals surface area contributed by atoms with Crippen LogP contribution >= 0.6 is 0 Å². The summed E-state index contributed by atoms with van der Waals surface area (Å²) in [5.41, 5.74) is 0.984. The third-order valence-electron chi connectivity index (χ3n) is 2.59. The first-order valence-corrected chi connectivity index (χ1v) is 5.75. The summed E-state index contributed by atoms with van der Waals surface area (Å²) in [7, 11) is 0. The molecule has 6 nitrogen and oxygen atoms in total. The van der Waals surface area contributed by atoms with Crippen LogP contribution in [0.1, 0.15) is 16.9 Å². The van der Waals surface area contributed by atoms with Crippen LogP contribution in [0.5, 0.6) is 0 Å². The van der Waals surface area contributed by atoms with Crippen LogP contribution in [0.4, 0.5) is 5.69 Å². The number of aromatic amines is 1. The second kappa shape index (κ2) is 5.81. The van der Waals surface area contributed by atoms with Crippen LogP contribution < -0.4 is 4.90 Å². The molecule has 98 valence electrons. The lowest BCUT2D eigenvalue weighted by molar-refractivity contribution is -0.136. The molecule has 0 aliphatic carbocycles. The summed E-state index contributed by atoms with van der Waals surface area (Å²) >= 11 is 0. The molecule has 1 aromatic heterocycles. The molecular formula is C13H13N3O3. The van der Waals surface area contributed by atoms with E-state index in [1.165, 1.54) is 17.4 Å². The van der Waals surface area contributed by atoms with E-state index in [0.717, 1.165) is 0 Å². The highest BCUT2D eigenvalue weighted by molar-refractivity contribution is 6.04. The largest absolute Gasteiger partial charge is 0.481 e. The third kappa shape index (κ3) is 3.19. The normalized spacial score (nSPS) is 10.1.